The summed E-state index contributed by atoms with van der Waals surface area (Å²) in [5.74, 6) is 0.279. The van der Waals surface area contributed by atoms with Gasteiger partial charge in [0.05, 0.1) is 23.7 Å². The third-order valence-corrected chi connectivity index (χ3v) is 7.07. The van der Waals surface area contributed by atoms with E-state index in [1.807, 2.05) is 0 Å². The first kappa shape index (κ1) is 22.1. The van der Waals surface area contributed by atoms with E-state index in [9.17, 15) is 13.2 Å². The molecule has 2 aromatic carbocycles. The van der Waals surface area contributed by atoms with E-state index < -0.39 is 15.8 Å². The molecule has 2 heterocycles. The van der Waals surface area contributed by atoms with E-state index in [0.29, 0.717) is 64.2 Å². The van der Waals surface area contributed by atoms with Gasteiger partial charge in [0.2, 0.25) is 5.89 Å². The highest BCUT2D eigenvalue weighted by Gasteiger charge is 2.21. The van der Waals surface area contributed by atoms with E-state index in [1.54, 1.807) is 36.4 Å². The molecular weight excluding hydrogens is 463 g/mol. The van der Waals surface area contributed by atoms with Crippen LogP contribution >= 0.6 is 23.2 Å². The van der Waals surface area contributed by atoms with Gasteiger partial charge in [-0.15, -0.1) is 0 Å². The maximum absolute atomic E-state index is 12.4. The zero-order valence-corrected chi connectivity index (χ0v) is 18.8. The summed E-state index contributed by atoms with van der Waals surface area (Å²) in [6.07, 6.45) is 0.635. The fourth-order valence-corrected chi connectivity index (χ4v) is 5.17. The quantitative estimate of drug-likeness (QED) is 0.386. The lowest BCUT2D eigenvalue weighted by Crippen LogP contribution is -2.40. The second kappa shape index (κ2) is 9.16. The van der Waals surface area contributed by atoms with E-state index in [2.05, 4.69) is 9.88 Å². The molecule has 0 saturated carbocycles. The van der Waals surface area contributed by atoms with Crippen LogP contribution in [0.1, 0.15) is 16.8 Å². The first-order valence-electron chi connectivity index (χ1n) is 9.76. The Balaban J connectivity index is 1.35. The fourth-order valence-electron chi connectivity index (χ4n) is 3.36. The number of esters is 1. The molecule has 0 atom stereocenters. The number of hydrogen-bond acceptors (Lipinski definition) is 7. The molecule has 0 bridgehead atoms. The Morgan fingerprint density at radius 2 is 1.81 bits per heavy atom. The molecular formula is C21H20Cl2N2O5S. The largest absolute Gasteiger partial charge is 0.462 e. The number of oxazole rings is 1. The number of ether oxygens (including phenoxy) is 1. The molecule has 1 fully saturated rings. The highest BCUT2D eigenvalue weighted by molar-refractivity contribution is 7.91. The van der Waals surface area contributed by atoms with Crippen molar-refractivity contribution < 1.29 is 22.4 Å². The number of carbonyl (C=O) groups is 1. The van der Waals surface area contributed by atoms with Gasteiger partial charge >= 0.3 is 5.97 Å². The number of hydrogen-bond donors (Lipinski definition) is 0. The average molecular weight is 483 g/mol. The highest BCUT2D eigenvalue weighted by Crippen LogP contribution is 2.29. The number of aromatic nitrogens is 1. The predicted molar refractivity (Wildman–Crippen MR) is 119 cm³/mol. The number of rotatable bonds is 6. The van der Waals surface area contributed by atoms with Gasteiger partial charge < -0.3 is 14.1 Å². The van der Waals surface area contributed by atoms with Gasteiger partial charge in [-0.1, -0.05) is 23.2 Å². The summed E-state index contributed by atoms with van der Waals surface area (Å²) in [6.45, 7) is 2.00. The van der Waals surface area contributed by atoms with Crippen LogP contribution in [0.5, 0.6) is 0 Å². The molecule has 0 aliphatic carbocycles. The van der Waals surface area contributed by atoms with Gasteiger partial charge in [0.25, 0.3) is 0 Å². The summed E-state index contributed by atoms with van der Waals surface area (Å²) in [5.41, 5.74) is 2.06. The Morgan fingerprint density at radius 3 is 2.52 bits per heavy atom. The summed E-state index contributed by atoms with van der Waals surface area (Å²) < 4.78 is 34.1. The van der Waals surface area contributed by atoms with E-state index in [0.717, 1.165) is 0 Å². The van der Waals surface area contributed by atoms with Gasteiger partial charge in [-0.3, -0.25) is 0 Å². The van der Waals surface area contributed by atoms with Crippen LogP contribution in [-0.2, 0) is 14.6 Å². The monoisotopic (exact) mass is 482 g/mol. The van der Waals surface area contributed by atoms with Crippen LogP contribution in [0, 0.1) is 0 Å². The van der Waals surface area contributed by atoms with E-state index in [4.69, 9.17) is 32.4 Å². The minimum absolute atomic E-state index is 0.188. The van der Waals surface area contributed by atoms with Crippen molar-refractivity contribution in [3.05, 3.63) is 52.0 Å². The van der Waals surface area contributed by atoms with Crippen LogP contribution in [0.25, 0.3) is 22.6 Å². The molecule has 1 aromatic heterocycles. The van der Waals surface area contributed by atoms with Crippen LogP contribution in [0.4, 0.5) is 0 Å². The molecule has 0 radical (unpaired) electrons. The van der Waals surface area contributed by atoms with Crippen molar-refractivity contribution >= 4 is 50.1 Å². The van der Waals surface area contributed by atoms with E-state index in [1.165, 1.54) is 0 Å². The number of benzene rings is 2. The van der Waals surface area contributed by atoms with Crippen molar-refractivity contribution in [1.29, 1.82) is 0 Å². The van der Waals surface area contributed by atoms with Gasteiger partial charge in [-0.2, -0.15) is 0 Å². The van der Waals surface area contributed by atoms with Gasteiger partial charge in [0, 0.05) is 35.2 Å². The molecule has 0 amide bonds. The molecule has 1 aliphatic rings. The standard InChI is InChI=1S/C21H20Cl2N2O5S/c22-16-10-15(11-17(23)13-16)20-24-18-3-2-14(12-19(18)30-20)21(26)29-7-1-4-25-5-8-31(27,28)9-6-25/h2-3,10-13H,1,4-9H2. The summed E-state index contributed by atoms with van der Waals surface area (Å²) >= 11 is 12.1. The van der Waals surface area contributed by atoms with Crippen molar-refractivity contribution in [2.75, 3.05) is 37.7 Å². The summed E-state index contributed by atoms with van der Waals surface area (Å²) in [6, 6.07) is 9.94. The minimum Gasteiger partial charge on any atom is -0.462 e. The van der Waals surface area contributed by atoms with Crippen LogP contribution in [0.3, 0.4) is 0 Å². The number of carbonyl (C=O) groups excluding carboxylic acids is 1. The topological polar surface area (TPSA) is 89.7 Å². The Bertz CT molecular complexity index is 1190. The van der Waals surface area contributed by atoms with Gasteiger partial charge in [0.1, 0.15) is 5.52 Å². The number of sulfone groups is 1. The molecule has 164 valence electrons. The Morgan fingerprint density at radius 1 is 1.10 bits per heavy atom. The summed E-state index contributed by atoms with van der Waals surface area (Å²) in [5, 5.41) is 0.945. The lowest BCUT2D eigenvalue weighted by atomic mass is 10.2. The first-order valence-corrected chi connectivity index (χ1v) is 12.3. The van der Waals surface area contributed by atoms with Gasteiger partial charge in [-0.25, -0.2) is 18.2 Å². The number of nitrogens with zero attached hydrogens (tertiary/aromatic N) is 2. The molecule has 3 aromatic rings. The molecule has 4 rings (SSSR count). The van der Waals surface area contributed by atoms with Crippen molar-refractivity contribution in [2.24, 2.45) is 0 Å². The lowest BCUT2D eigenvalue weighted by molar-refractivity contribution is 0.0489. The van der Waals surface area contributed by atoms with Crippen LogP contribution in [0.15, 0.2) is 40.8 Å². The van der Waals surface area contributed by atoms with E-state index >= 15 is 0 Å². The Hall–Kier alpha value is -2.13. The van der Waals surface area contributed by atoms with Crippen LogP contribution in [0.2, 0.25) is 10.0 Å². The van der Waals surface area contributed by atoms with Crippen molar-refractivity contribution in [2.45, 2.75) is 6.42 Å². The summed E-state index contributed by atoms with van der Waals surface area (Å²) in [4.78, 5) is 18.9. The van der Waals surface area contributed by atoms with Crippen molar-refractivity contribution in [3.8, 4) is 11.5 Å². The lowest BCUT2D eigenvalue weighted by Gasteiger charge is -2.26. The van der Waals surface area contributed by atoms with Crippen LogP contribution in [-0.4, -0.2) is 62.0 Å². The average Bonchev–Trinajstić information content (AvgIpc) is 3.15. The molecule has 0 N–H and O–H groups in total. The first-order chi connectivity index (χ1) is 14.8. The second-order valence-corrected chi connectivity index (χ2v) is 10.5. The smallest absolute Gasteiger partial charge is 0.338 e. The molecule has 0 spiro atoms. The van der Waals surface area contributed by atoms with Crippen molar-refractivity contribution in [3.63, 3.8) is 0 Å². The maximum atomic E-state index is 12.4. The van der Waals surface area contributed by atoms with E-state index in [-0.39, 0.29) is 18.1 Å². The molecule has 1 aliphatic heterocycles. The molecule has 1 saturated heterocycles. The Kier molecular flexibility index (Phi) is 6.52. The molecule has 31 heavy (non-hydrogen) atoms. The Labute approximate surface area is 189 Å². The molecule has 7 nitrogen and oxygen atoms in total. The fraction of sp³-hybridized carbons (Fsp3) is 0.333. The maximum Gasteiger partial charge on any atom is 0.338 e. The van der Waals surface area contributed by atoms with Crippen molar-refractivity contribution in [1.82, 2.24) is 9.88 Å². The van der Waals surface area contributed by atoms with Gasteiger partial charge in [0.15, 0.2) is 15.4 Å². The summed E-state index contributed by atoms with van der Waals surface area (Å²) in [7, 11) is -2.89. The number of halogens is 2. The predicted octanol–water partition coefficient (Wildman–Crippen LogP) is 4.08. The normalized spacial score (nSPS) is 16.5. The third-order valence-electron chi connectivity index (χ3n) is 5.02. The molecule has 0 unspecified atom stereocenters. The molecule has 10 heteroatoms. The zero-order valence-electron chi connectivity index (χ0n) is 16.5. The zero-order chi connectivity index (χ0) is 22.0. The van der Waals surface area contributed by atoms with Crippen LogP contribution < -0.4 is 0 Å². The SMILES string of the molecule is O=C(OCCCN1CCS(=O)(=O)CC1)c1ccc2nc(-c3cc(Cl)cc(Cl)c3)oc2c1. The highest BCUT2D eigenvalue weighted by atomic mass is 35.5. The minimum atomic E-state index is -2.89. The second-order valence-electron chi connectivity index (χ2n) is 7.34. The third kappa shape index (κ3) is 5.57. The van der Waals surface area contributed by atoms with Gasteiger partial charge in [-0.05, 0) is 42.8 Å². The number of fused-ring (bicyclic) bond motifs is 1.